The number of nitriles is 2. The second kappa shape index (κ2) is 7.38. The van der Waals surface area contributed by atoms with Crippen molar-refractivity contribution in [2.75, 3.05) is 0 Å². The summed E-state index contributed by atoms with van der Waals surface area (Å²) in [6.07, 6.45) is 1.59. The van der Waals surface area contributed by atoms with Crippen molar-refractivity contribution in [2.24, 2.45) is 0 Å². The highest BCUT2D eigenvalue weighted by Crippen LogP contribution is 2.29. The van der Waals surface area contributed by atoms with E-state index in [-0.39, 0.29) is 5.69 Å². The van der Waals surface area contributed by atoms with E-state index in [1.165, 1.54) is 6.07 Å². The van der Waals surface area contributed by atoms with Crippen LogP contribution in [0.5, 0.6) is 0 Å². The summed E-state index contributed by atoms with van der Waals surface area (Å²) in [7, 11) is 0. The first-order chi connectivity index (χ1) is 13.0. The van der Waals surface area contributed by atoms with Crippen LogP contribution >= 0.6 is 0 Å². The highest BCUT2D eigenvalue weighted by molar-refractivity contribution is 5.89. The Balaban J connectivity index is 1.94. The van der Waals surface area contributed by atoms with Gasteiger partial charge in [0.05, 0.1) is 28.2 Å². The van der Waals surface area contributed by atoms with E-state index in [0.717, 1.165) is 0 Å². The lowest BCUT2D eigenvalue weighted by Gasteiger charge is -2.01. The molecule has 0 saturated heterocycles. The van der Waals surface area contributed by atoms with Crippen molar-refractivity contribution in [2.45, 2.75) is 6.92 Å². The molecule has 0 saturated carbocycles. The SMILES string of the molecule is Cc1ccc(-c2ccc(/C=C(/C#N)c3ccc(C#N)cc3)o2)cc1[N+](=O)[O-]. The molecule has 2 aromatic carbocycles. The molecular weight excluding hydrogens is 342 g/mol. The van der Waals surface area contributed by atoms with Gasteiger partial charge in [-0.2, -0.15) is 10.5 Å². The number of hydrogen-bond donors (Lipinski definition) is 0. The standard InChI is InChI=1S/C21H13N3O3/c1-14-2-5-17(11-20(14)24(25)26)21-9-8-19(27-21)10-18(13-23)16-6-3-15(12-22)4-7-16/h2-11H,1H3/b18-10-. The quantitative estimate of drug-likeness (QED) is 0.368. The van der Waals surface area contributed by atoms with E-state index in [0.29, 0.717) is 39.3 Å². The maximum Gasteiger partial charge on any atom is 0.273 e. The summed E-state index contributed by atoms with van der Waals surface area (Å²) in [5, 5.41) is 29.4. The smallest absolute Gasteiger partial charge is 0.273 e. The Kier molecular flexibility index (Phi) is 4.83. The summed E-state index contributed by atoms with van der Waals surface area (Å²) in [6.45, 7) is 1.68. The van der Waals surface area contributed by atoms with Crippen molar-refractivity contribution in [1.29, 1.82) is 10.5 Å². The fraction of sp³-hybridized carbons (Fsp3) is 0.0476. The number of aryl methyl sites for hydroxylation is 1. The van der Waals surface area contributed by atoms with Crippen molar-refractivity contribution >= 4 is 17.3 Å². The van der Waals surface area contributed by atoms with Gasteiger partial charge in [0.15, 0.2) is 0 Å². The van der Waals surface area contributed by atoms with Crippen molar-refractivity contribution < 1.29 is 9.34 Å². The van der Waals surface area contributed by atoms with Crippen LogP contribution in [-0.2, 0) is 0 Å². The molecule has 0 aliphatic rings. The second-order valence-corrected chi connectivity index (χ2v) is 5.82. The molecule has 0 atom stereocenters. The van der Waals surface area contributed by atoms with Crippen LogP contribution in [0.25, 0.3) is 23.0 Å². The number of nitrogens with zero attached hydrogens (tertiary/aromatic N) is 3. The van der Waals surface area contributed by atoms with Gasteiger partial charge in [-0.05, 0) is 42.8 Å². The highest BCUT2D eigenvalue weighted by atomic mass is 16.6. The van der Waals surface area contributed by atoms with Crippen LogP contribution in [0.15, 0.2) is 59.0 Å². The van der Waals surface area contributed by atoms with Gasteiger partial charge in [-0.1, -0.05) is 24.3 Å². The fourth-order valence-electron chi connectivity index (χ4n) is 2.59. The van der Waals surface area contributed by atoms with Crippen LogP contribution in [0.1, 0.15) is 22.5 Å². The Hall–Kier alpha value is -4.16. The summed E-state index contributed by atoms with van der Waals surface area (Å²) in [6, 6.07) is 19.1. The Bertz CT molecular complexity index is 1130. The molecule has 0 spiro atoms. The molecule has 1 aromatic heterocycles. The lowest BCUT2D eigenvalue weighted by molar-refractivity contribution is -0.385. The van der Waals surface area contributed by atoms with E-state index < -0.39 is 4.92 Å². The molecule has 3 rings (SSSR count). The summed E-state index contributed by atoms with van der Waals surface area (Å²) >= 11 is 0. The van der Waals surface area contributed by atoms with Gasteiger partial charge in [-0.3, -0.25) is 10.1 Å². The maximum atomic E-state index is 11.1. The molecule has 6 heteroatoms. The van der Waals surface area contributed by atoms with Crippen molar-refractivity contribution in [3.8, 4) is 23.5 Å². The number of allylic oxidation sites excluding steroid dienone is 1. The molecule has 0 fully saturated rings. The molecule has 0 bridgehead atoms. The molecule has 6 nitrogen and oxygen atoms in total. The predicted molar refractivity (Wildman–Crippen MR) is 100 cm³/mol. The minimum atomic E-state index is -0.429. The van der Waals surface area contributed by atoms with Gasteiger partial charge in [-0.25, -0.2) is 0 Å². The lowest BCUT2D eigenvalue weighted by atomic mass is 10.0. The predicted octanol–water partition coefficient (Wildman–Crippen LogP) is 5.10. The van der Waals surface area contributed by atoms with E-state index in [1.807, 2.05) is 6.07 Å². The molecule has 1 heterocycles. The third kappa shape index (κ3) is 3.76. The molecule has 0 aliphatic heterocycles. The second-order valence-electron chi connectivity index (χ2n) is 5.82. The zero-order valence-corrected chi connectivity index (χ0v) is 14.3. The summed E-state index contributed by atoms with van der Waals surface area (Å²) < 4.78 is 5.74. The Morgan fingerprint density at radius 1 is 1.11 bits per heavy atom. The van der Waals surface area contributed by atoms with Crippen LogP contribution in [0.2, 0.25) is 0 Å². The van der Waals surface area contributed by atoms with Crippen LogP contribution in [0.4, 0.5) is 5.69 Å². The zero-order valence-electron chi connectivity index (χ0n) is 14.3. The maximum absolute atomic E-state index is 11.1. The summed E-state index contributed by atoms with van der Waals surface area (Å²) in [5.41, 5.74) is 2.75. The minimum Gasteiger partial charge on any atom is -0.457 e. The van der Waals surface area contributed by atoms with Crippen LogP contribution < -0.4 is 0 Å². The normalized spacial score (nSPS) is 10.9. The van der Waals surface area contributed by atoms with E-state index in [2.05, 4.69) is 6.07 Å². The molecule has 130 valence electrons. The molecule has 3 aromatic rings. The van der Waals surface area contributed by atoms with E-state index in [4.69, 9.17) is 9.68 Å². The van der Waals surface area contributed by atoms with Gasteiger partial charge in [0.2, 0.25) is 0 Å². The monoisotopic (exact) mass is 355 g/mol. The molecule has 27 heavy (non-hydrogen) atoms. The number of nitro groups is 1. The number of nitro benzene ring substituents is 1. The third-order valence-corrected chi connectivity index (χ3v) is 4.05. The highest BCUT2D eigenvalue weighted by Gasteiger charge is 2.14. The Morgan fingerprint density at radius 3 is 2.48 bits per heavy atom. The van der Waals surface area contributed by atoms with Crippen LogP contribution in [0.3, 0.4) is 0 Å². The van der Waals surface area contributed by atoms with Gasteiger partial charge < -0.3 is 4.42 Å². The lowest BCUT2D eigenvalue weighted by Crippen LogP contribution is -1.91. The first-order valence-electron chi connectivity index (χ1n) is 7.99. The van der Waals surface area contributed by atoms with E-state index in [1.54, 1.807) is 61.5 Å². The molecule has 0 unspecified atom stereocenters. The van der Waals surface area contributed by atoms with Gasteiger partial charge in [0, 0.05) is 17.2 Å². The molecule has 0 amide bonds. The Morgan fingerprint density at radius 2 is 1.85 bits per heavy atom. The number of rotatable bonds is 4. The van der Waals surface area contributed by atoms with Gasteiger partial charge >= 0.3 is 0 Å². The first kappa shape index (κ1) is 17.7. The first-order valence-corrected chi connectivity index (χ1v) is 7.99. The van der Waals surface area contributed by atoms with E-state index in [9.17, 15) is 15.4 Å². The average molecular weight is 355 g/mol. The van der Waals surface area contributed by atoms with Crippen LogP contribution in [-0.4, -0.2) is 4.92 Å². The number of furan rings is 1. The van der Waals surface area contributed by atoms with Gasteiger partial charge in [-0.15, -0.1) is 0 Å². The van der Waals surface area contributed by atoms with Crippen molar-refractivity contribution in [1.82, 2.24) is 0 Å². The molecule has 0 radical (unpaired) electrons. The third-order valence-electron chi connectivity index (χ3n) is 4.05. The zero-order chi connectivity index (χ0) is 19.4. The van der Waals surface area contributed by atoms with E-state index >= 15 is 0 Å². The Labute approximate surface area is 155 Å². The summed E-state index contributed by atoms with van der Waals surface area (Å²) in [4.78, 5) is 10.7. The van der Waals surface area contributed by atoms with Crippen molar-refractivity contribution in [3.63, 3.8) is 0 Å². The fourth-order valence-corrected chi connectivity index (χ4v) is 2.59. The van der Waals surface area contributed by atoms with Gasteiger partial charge in [0.1, 0.15) is 11.5 Å². The van der Waals surface area contributed by atoms with Crippen LogP contribution in [0, 0.1) is 39.7 Å². The average Bonchev–Trinajstić information content (AvgIpc) is 3.15. The molecular formula is C21H13N3O3. The summed E-state index contributed by atoms with van der Waals surface area (Å²) in [5.74, 6) is 0.926. The van der Waals surface area contributed by atoms with Gasteiger partial charge in [0.25, 0.3) is 5.69 Å². The number of hydrogen-bond acceptors (Lipinski definition) is 5. The van der Waals surface area contributed by atoms with Crippen molar-refractivity contribution in [3.05, 3.63) is 87.2 Å². The topological polar surface area (TPSA) is 104 Å². The minimum absolute atomic E-state index is 0.0243. The molecule has 0 aliphatic carbocycles. The largest absolute Gasteiger partial charge is 0.457 e. The molecule has 0 N–H and O–H groups in total. The number of benzene rings is 2.